The smallest absolute Gasteiger partial charge is 0.312 e. The molecule has 0 saturated heterocycles. The maximum Gasteiger partial charge on any atom is 0.312 e. The highest BCUT2D eigenvalue weighted by Crippen LogP contribution is 2.37. The highest BCUT2D eigenvalue weighted by Gasteiger charge is 2.40. The van der Waals surface area contributed by atoms with Gasteiger partial charge in [0.2, 0.25) is 0 Å². The average molecular weight is 425 g/mol. The summed E-state index contributed by atoms with van der Waals surface area (Å²) < 4.78 is 5.87. The van der Waals surface area contributed by atoms with E-state index in [4.69, 9.17) is 9.84 Å². The van der Waals surface area contributed by atoms with Gasteiger partial charge in [0.15, 0.2) is 0 Å². The quantitative estimate of drug-likeness (QED) is 0.505. The van der Waals surface area contributed by atoms with Gasteiger partial charge in [-0.15, -0.1) is 0 Å². The number of hydrogen-bond acceptors (Lipinski definition) is 3. The number of phenolic OH excluding ortho intramolecular Hbond substituents is 1. The summed E-state index contributed by atoms with van der Waals surface area (Å²) in [7, 11) is 0. The molecule has 0 amide bonds. The molecular weight excluding hydrogens is 384 g/mol. The molecule has 31 heavy (non-hydrogen) atoms. The lowest BCUT2D eigenvalue weighted by molar-refractivity contribution is -0.172. The Kier molecular flexibility index (Phi) is 8.34. The highest BCUT2D eigenvalue weighted by molar-refractivity contribution is 5.76. The first-order valence-electron chi connectivity index (χ1n) is 11.6. The minimum absolute atomic E-state index is 0.0824. The summed E-state index contributed by atoms with van der Waals surface area (Å²) >= 11 is 0. The number of carbonyl (C=O) groups is 1. The molecule has 1 N–H and O–H groups in total. The summed E-state index contributed by atoms with van der Waals surface area (Å²) in [4.78, 5) is 12.3. The molecule has 3 heteroatoms. The monoisotopic (exact) mass is 424 g/mol. The Morgan fingerprint density at radius 2 is 1.52 bits per heavy atom. The molecule has 1 aliphatic carbocycles. The van der Waals surface area contributed by atoms with Crippen LogP contribution in [-0.2, 0) is 22.4 Å². The molecule has 0 aromatic heterocycles. The fourth-order valence-corrected chi connectivity index (χ4v) is 3.69. The van der Waals surface area contributed by atoms with Crippen molar-refractivity contribution in [1.29, 1.82) is 0 Å². The van der Waals surface area contributed by atoms with E-state index >= 15 is 0 Å². The van der Waals surface area contributed by atoms with Crippen LogP contribution in [0.25, 0.3) is 0 Å². The van der Waals surface area contributed by atoms with Crippen LogP contribution < -0.4 is 0 Å². The molecule has 3 rings (SSSR count). The van der Waals surface area contributed by atoms with Crippen LogP contribution in [-0.4, -0.2) is 16.7 Å². The van der Waals surface area contributed by atoms with E-state index in [1.54, 1.807) is 12.1 Å². The summed E-state index contributed by atoms with van der Waals surface area (Å²) in [5, 5.41) is 9.01. The third kappa shape index (κ3) is 6.59. The summed E-state index contributed by atoms with van der Waals surface area (Å²) in [5.74, 6) is 1.23. The molecule has 0 saturated carbocycles. The zero-order valence-electron chi connectivity index (χ0n) is 20.4. The van der Waals surface area contributed by atoms with Gasteiger partial charge in [0, 0.05) is 5.92 Å². The van der Waals surface area contributed by atoms with E-state index in [0.29, 0.717) is 17.6 Å². The minimum atomic E-state index is -0.414. The van der Waals surface area contributed by atoms with E-state index in [1.165, 1.54) is 16.7 Å². The Labute approximate surface area is 188 Å². The molecular formula is C28H40O3. The zero-order valence-corrected chi connectivity index (χ0v) is 20.4. The predicted molar refractivity (Wildman–Crippen MR) is 128 cm³/mol. The van der Waals surface area contributed by atoms with Crippen molar-refractivity contribution < 1.29 is 14.6 Å². The summed E-state index contributed by atoms with van der Waals surface area (Å²) in [6.07, 6.45) is 3.95. The van der Waals surface area contributed by atoms with E-state index in [1.807, 2.05) is 46.8 Å². The van der Waals surface area contributed by atoms with Crippen molar-refractivity contribution in [2.75, 3.05) is 0 Å². The van der Waals surface area contributed by atoms with Gasteiger partial charge in [0.05, 0.1) is 5.41 Å². The Bertz CT molecular complexity index is 824. The first-order valence-corrected chi connectivity index (χ1v) is 11.6. The third-order valence-corrected chi connectivity index (χ3v) is 6.90. The van der Waals surface area contributed by atoms with E-state index in [2.05, 4.69) is 38.1 Å². The third-order valence-electron chi connectivity index (χ3n) is 6.90. The van der Waals surface area contributed by atoms with Crippen LogP contribution in [0.5, 0.6) is 5.75 Å². The maximum atomic E-state index is 12.3. The predicted octanol–water partition coefficient (Wildman–Crippen LogP) is 7.07. The SMILES string of the molecule is CCC(C)(C)C(=O)OC(C)(C)C1Cc2ccccc2C1.CCC(C)c1ccc(O)cc1. The largest absolute Gasteiger partial charge is 0.508 e. The van der Waals surface area contributed by atoms with Gasteiger partial charge >= 0.3 is 5.97 Å². The van der Waals surface area contributed by atoms with Crippen molar-refractivity contribution in [3.63, 3.8) is 0 Å². The lowest BCUT2D eigenvalue weighted by Gasteiger charge is -2.34. The van der Waals surface area contributed by atoms with E-state index in [0.717, 1.165) is 25.7 Å². The average Bonchev–Trinajstić information content (AvgIpc) is 3.19. The van der Waals surface area contributed by atoms with Crippen molar-refractivity contribution in [3.05, 3.63) is 65.2 Å². The first kappa shape index (κ1) is 25.0. The summed E-state index contributed by atoms with van der Waals surface area (Å²) in [6, 6.07) is 16.0. The molecule has 3 nitrogen and oxygen atoms in total. The van der Waals surface area contributed by atoms with Gasteiger partial charge in [-0.2, -0.15) is 0 Å². The van der Waals surface area contributed by atoms with Crippen LogP contribution in [0.3, 0.4) is 0 Å². The number of carbonyl (C=O) groups excluding carboxylic acids is 1. The number of rotatable bonds is 6. The van der Waals surface area contributed by atoms with Gasteiger partial charge in [-0.3, -0.25) is 4.79 Å². The number of hydrogen-bond donors (Lipinski definition) is 1. The molecule has 0 radical (unpaired) electrons. The summed E-state index contributed by atoms with van der Waals surface area (Å²) in [6.45, 7) is 14.4. The van der Waals surface area contributed by atoms with Crippen LogP contribution in [0.15, 0.2) is 48.5 Å². The molecule has 0 fully saturated rings. The van der Waals surface area contributed by atoms with Crippen molar-refractivity contribution in [2.45, 2.75) is 85.7 Å². The minimum Gasteiger partial charge on any atom is -0.508 e. The van der Waals surface area contributed by atoms with Crippen LogP contribution in [0.4, 0.5) is 0 Å². The molecule has 0 heterocycles. The van der Waals surface area contributed by atoms with E-state index < -0.39 is 11.0 Å². The second kappa shape index (κ2) is 10.3. The maximum absolute atomic E-state index is 12.3. The van der Waals surface area contributed by atoms with Crippen LogP contribution in [0, 0.1) is 11.3 Å². The van der Waals surface area contributed by atoms with Crippen molar-refractivity contribution in [2.24, 2.45) is 11.3 Å². The second-order valence-electron chi connectivity index (χ2n) is 10.0. The van der Waals surface area contributed by atoms with Gasteiger partial charge in [-0.25, -0.2) is 0 Å². The van der Waals surface area contributed by atoms with Gasteiger partial charge in [-0.1, -0.05) is 57.2 Å². The standard InChI is InChI=1S/C18H26O2.C10H14O/c1-6-17(2,3)16(19)20-18(4,5)15-11-13-9-7-8-10-14(13)12-15;1-3-8(2)9-4-6-10(11)7-5-9/h7-10,15H,6,11-12H2,1-5H3;4-8,11H,3H2,1-2H3. The van der Waals surface area contributed by atoms with Gasteiger partial charge < -0.3 is 9.84 Å². The van der Waals surface area contributed by atoms with E-state index in [-0.39, 0.29) is 5.97 Å². The molecule has 2 aromatic rings. The molecule has 2 aromatic carbocycles. The molecule has 0 bridgehead atoms. The van der Waals surface area contributed by atoms with Gasteiger partial charge in [-0.05, 0) is 88.1 Å². The number of ether oxygens (including phenoxy) is 1. The van der Waals surface area contributed by atoms with Crippen molar-refractivity contribution in [3.8, 4) is 5.75 Å². The number of esters is 1. The molecule has 1 atom stereocenters. The zero-order chi connectivity index (χ0) is 23.2. The van der Waals surface area contributed by atoms with Gasteiger partial charge in [0.1, 0.15) is 11.4 Å². The molecule has 170 valence electrons. The Balaban J connectivity index is 0.000000262. The lowest BCUT2D eigenvalue weighted by Crippen LogP contribution is -2.41. The molecule has 1 aliphatic rings. The van der Waals surface area contributed by atoms with Gasteiger partial charge in [0.25, 0.3) is 0 Å². The Hall–Kier alpha value is -2.29. The topological polar surface area (TPSA) is 46.5 Å². The Morgan fingerprint density at radius 1 is 1.00 bits per heavy atom. The Morgan fingerprint density at radius 3 is 1.97 bits per heavy atom. The normalized spacial score (nSPS) is 14.9. The van der Waals surface area contributed by atoms with Crippen LogP contribution in [0.2, 0.25) is 0 Å². The fraction of sp³-hybridized carbons (Fsp3) is 0.536. The number of aromatic hydroxyl groups is 1. The second-order valence-corrected chi connectivity index (χ2v) is 10.0. The first-order chi connectivity index (χ1) is 14.5. The van der Waals surface area contributed by atoms with Crippen molar-refractivity contribution >= 4 is 5.97 Å². The number of phenols is 1. The van der Waals surface area contributed by atoms with Crippen LogP contribution >= 0.6 is 0 Å². The molecule has 1 unspecified atom stereocenters. The summed E-state index contributed by atoms with van der Waals surface area (Å²) in [5.41, 5.74) is 3.28. The van der Waals surface area contributed by atoms with Crippen LogP contribution in [0.1, 0.15) is 83.9 Å². The van der Waals surface area contributed by atoms with E-state index in [9.17, 15) is 4.79 Å². The number of fused-ring (bicyclic) bond motifs is 1. The van der Waals surface area contributed by atoms with Crippen molar-refractivity contribution in [1.82, 2.24) is 0 Å². The molecule has 0 aliphatic heterocycles. The fourth-order valence-electron chi connectivity index (χ4n) is 3.69. The highest BCUT2D eigenvalue weighted by atomic mass is 16.6. The molecule has 0 spiro atoms. The number of benzene rings is 2. The lowest BCUT2D eigenvalue weighted by atomic mass is 9.86.